The van der Waals surface area contributed by atoms with Gasteiger partial charge in [0.15, 0.2) is 0 Å². The molecule has 0 spiro atoms. The van der Waals surface area contributed by atoms with E-state index < -0.39 is 0 Å². The zero-order valence-corrected chi connectivity index (χ0v) is 10.5. The van der Waals surface area contributed by atoms with Crippen molar-refractivity contribution in [1.82, 2.24) is 10.2 Å². The lowest BCUT2D eigenvalue weighted by molar-refractivity contribution is -0.139. The van der Waals surface area contributed by atoms with Crippen molar-refractivity contribution >= 4 is 28.6 Å². The highest BCUT2D eigenvalue weighted by atomic mass is 127. The topological polar surface area (TPSA) is 41.6 Å². The first-order valence-electron chi connectivity index (χ1n) is 4.15. The monoisotopic (exact) mass is 300 g/mol. The smallest absolute Gasteiger partial charge is 0.319 e. The second kappa shape index (κ2) is 7.52. The van der Waals surface area contributed by atoms with E-state index in [2.05, 4.69) is 37.5 Å². The first-order chi connectivity index (χ1) is 6.07. The molecule has 0 aliphatic carbocycles. The maximum Gasteiger partial charge on any atom is 0.319 e. The normalized spacial score (nSPS) is 13.0. The summed E-state index contributed by atoms with van der Waals surface area (Å²) in [7, 11) is 5.45. The maximum atomic E-state index is 11.0. The Morgan fingerprint density at radius 3 is 2.69 bits per heavy atom. The van der Waals surface area contributed by atoms with Crippen LogP contribution in [0.4, 0.5) is 0 Å². The fraction of sp³-hybridized carbons (Fsp3) is 0.875. The molecule has 4 nitrogen and oxygen atoms in total. The van der Waals surface area contributed by atoms with Crippen molar-refractivity contribution in [2.24, 2.45) is 0 Å². The summed E-state index contributed by atoms with van der Waals surface area (Å²) in [5, 5.41) is 3.18. The van der Waals surface area contributed by atoms with E-state index in [9.17, 15) is 4.79 Å². The Hall–Kier alpha value is 0.120. The number of nitrogens with zero attached hydrogens (tertiary/aromatic N) is 1. The van der Waals surface area contributed by atoms with Gasteiger partial charge in [-0.3, -0.25) is 4.79 Å². The molecule has 0 radical (unpaired) electrons. The first-order valence-corrected chi connectivity index (χ1v) is 5.40. The molecule has 5 heteroatoms. The number of carbonyl (C=O) groups excluding carboxylic acids is 1. The molecule has 0 rings (SSSR count). The predicted molar refractivity (Wildman–Crippen MR) is 61.2 cm³/mol. The number of hydrogen-bond donors (Lipinski definition) is 1. The van der Waals surface area contributed by atoms with E-state index >= 15 is 0 Å². The van der Waals surface area contributed by atoms with Crippen LogP contribution < -0.4 is 5.32 Å². The van der Waals surface area contributed by atoms with Crippen molar-refractivity contribution in [2.45, 2.75) is 3.92 Å². The van der Waals surface area contributed by atoms with Crippen molar-refractivity contribution in [2.75, 3.05) is 40.8 Å². The molecule has 0 aromatic heterocycles. The predicted octanol–water partition coefficient (Wildman–Crippen LogP) is 0.114. The molecule has 1 atom stereocenters. The third-order valence-electron chi connectivity index (χ3n) is 1.52. The SMILES string of the molecule is COC(=O)C(I)CNCCN(C)C. The molecule has 0 bridgehead atoms. The number of carbonyl (C=O) groups is 1. The van der Waals surface area contributed by atoms with Gasteiger partial charge in [-0.25, -0.2) is 0 Å². The van der Waals surface area contributed by atoms with E-state index in [0.717, 1.165) is 13.1 Å². The minimum absolute atomic E-state index is 0.0928. The standard InChI is InChI=1S/C8H17IN2O2/c1-11(2)5-4-10-6-7(9)8(12)13-3/h7,10H,4-6H2,1-3H3. The zero-order valence-electron chi connectivity index (χ0n) is 8.34. The zero-order chi connectivity index (χ0) is 10.3. The molecular weight excluding hydrogens is 283 g/mol. The van der Waals surface area contributed by atoms with Crippen LogP contribution in [0.3, 0.4) is 0 Å². The van der Waals surface area contributed by atoms with Gasteiger partial charge in [0.25, 0.3) is 0 Å². The molecule has 0 saturated carbocycles. The largest absolute Gasteiger partial charge is 0.468 e. The van der Waals surface area contributed by atoms with E-state index in [1.165, 1.54) is 7.11 Å². The second-order valence-electron chi connectivity index (χ2n) is 3.00. The Morgan fingerprint density at radius 2 is 2.23 bits per heavy atom. The highest BCUT2D eigenvalue weighted by Gasteiger charge is 2.13. The summed E-state index contributed by atoms with van der Waals surface area (Å²) in [5.74, 6) is -0.169. The van der Waals surface area contributed by atoms with Crippen LogP contribution in [0.2, 0.25) is 0 Å². The number of likely N-dealkylation sites (N-methyl/N-ethyl adjacent to an activating group) is 1. The number of ether oxygens (including phenoxy) is 1. The highest BCUT2D eigenvalue weighted by molar-refractivity contribution is 14.1. The number of alkyl halides is 1. The number of esters is 1. The Balaban J connectivity index is 3.37. The molecule has 0 heterocycles. The third-order valence-corrected chi connectivity index (χ3v) is 2.47. The van der Waals surface area contributed by atoms with Gasteiger partial charge in [-0.2, -0.15) is 0 Å². The Bertz CT molecular complexity index is 153. The lowest BCUT2D eigenvalue weighted by atomic mass is 10.4. The van der Waals surface area contributed by atoms with Gasteiger partial charge in [0, 0.05) is 19.6 Å². The molecule has 0 saturated heterocycles. The van der Waals surface area contributed by atoms with Gasteiger partial charge >= 0.3 is 5.97 Å². The van der Waals surface area contributed by atoms with Crippen molar-refractivity contribution in [1.29, 1.82) is 0 Å². The average molecular weight is 300 g/mol. The van der Waals surface area contributed by atoms with Crippen LogP contribution in [-0.2, 0) is 9.53 Å². The maximum absolute atomic E-state index is 11.0. The second-order valence-corrected chi connectivity index (χ2v) is 4.50. The van der Waals surface area contributed by atoms with Crippen LogP contribution >= 0.6 is 22.6 Å². The lowest BCUT2D eigenvalue weighted by Gasteiger charge is -2.12. The fourth-order valence-electron chi connectivity index (χ4n) is 0.743. The number of halogens is 1. The molecular formula is C8H17IN2O2. The molecule has 0 fully saturated rings. The summed E-state index contributed by atoms with van der Waals surface area (Å²) >= 11 is 2.07. The van der Waals surface area contributed by atoms with E-state index in [1.54, 1.807) is 0 Å². The fourth-order valence-corrected chi connectivity index (χ4v) is 1.31. The summed E-state index contributed by atoms with van der Waals surface area (Å²) in [6, 6.07) is 0. The summed E-state index contributed by atoms with van der Waals surface area (Å²) in [4.78, 5) is 13.1. The van der Waals surface area contributed by atoms with Crippen LogP contribution in [0, 0.1) is 0 Å². The van der Waals surface area contributed by atoms with Crippen LogP contribution in [0.5, 0.6) is 0 Å². The highest BCUT2D eigenvalue weighted by Crippen LogP contribution is 2.00. The number of nitrogens with one attached hydrogen (secondary N) is 1. The van der Waals surface area contributed by atoms with Gasteiger partial charge in [-0.1, -0.05) is 22.6 Å². The number of hydrogen-bond acceptors (Lipinski definition) is 4. The summed E-state index contributed by atoms with van der Waals surface area (Å²) in [5.41, 5.74) is 0. The number of methoxy groups -OCH3 is 1. The van der Waals surface area contributed by atoms with Crippen molar-refractivity contribution in [3.05, 3.63) is 0 Å². The minimum atomic E-state index is -0.169. The summed E-state index contributed by atoms with van der Waals surface area (Å²) in [6.45, 7) is 2.54. The molecule has 0 aromatic rings. The Labute approximate surface area is 93.1 Å². The summed E-state index contributed by atoms with van der Waals surface area (Å²) < 4.78 is 4.50. The van der Waals surface area contributed by atoms with Gasteiger partial charge in [-0.15, -0.1) is 0 Å². The molecule has 0 aliphatic rings. The minimum Gasteiger partial charge on any atom is -0.468 e. The van der Waals surface area contributed by atoms with Crippen LogP contribution in [0.1, 0.15) is 0 Å². The molecule has 0 aromatic carbocycles. The average Bonchev–Trinajstić information content (AvgIpc) is 2.10. The first kappa shape index (κ1) is 13.1. The molecule has 13 heavy (non-hydrogen) atoms. The molecule has 0 aliphatic heterocycles. The lowest BCUT2D eigenvalue weighted by Crippen LogP contribution is -2.33. The van der Waals surface area contributed by atoms with E-state index in [1.807, 2.05) is 14.1 Å². The molecule has 0 amide bonds. The van der Waals surface area contributed by atoms with Gasteiger partial charge < -0.3 is 15.0 Å². The Morgan fingerprint density at radius 1 is 1.62 bits per heavy atom. The molecule has 1 unspecified atom stereocenters. The van der Waals surface area contributed by atoms with Crippen molar-refractivity contribution in [3.63, 3.8) is 0 Å². The van der Waals surface area contributed by atoms with Crippen LogP contribution in [-0.4, -0.2) is 55.6 Å². The summed E-state index contributed by atoms with van der Waals surface area (Å²) in [6.07, 6.45) is 0. The van der Waals surface area contributed by atoms with E-state index in [-0.39, 0.29) is 9.89 Å². The molecule has 78 valence electrons. The quantitative estimate of drug-likeness (QED) is 0.327. The van der Waals surface area contributed by atoms with E-state index in [0.29, 0.717) is 6.54 Å². The van der Waals surface area contributed by atoms with Crippen LogP contribution in [0.15, 0.2) is 0 Å². The van der Waals surface area contributed by atoms with Crippen molar-refractivity contribution in [3.8, 4) is 0 Å². The molecule has 1 N–H and O–H groups in total. The van der Waals surface area contributed by atoms with Crippen LogP contribution in [0.25, 0.3) is 0 Å². The van der Waals surface area contributed by atoms with Gasteiger partial charge in [0.05, 0.1) is 7.11 Å². The van der Waals surface area contributed by atoms with Gasteiger partial charge in [-0.05, 0) is 14.1 Å². The van der Waals surface area contributed by atoms with Crippen molar-refractivity contribution < 1.29 is 9.53 Å². The number of rotatable bonds is 6. The van der Waals surface area contributed by atoms with E-state index in [4.69, 9.17) is 0 Å². The Kier molecular flexibility index (Phi) is 7.59. The van der Waals surface area contributed by atoms with Gasteiger partial charge in [0.1, 0.15) is 3.92 Å². The van der Waals surface area contributed by atoms with Gasteiger partial charge in [0.2, 0.25) is 0 Å². The third kappa shape index (κ3) is 7.21.